The zero-order chi connectivity index (χ0) is 18.6. The normalized spacial score (nSPS) is 37.5. The first kappa shape index (κ1) is 19.6. The van der Waals surface area contributed by atoms with E-state index in [0.717, 1.165) is 64.6 Å². The van der Waals surface area contributed by atoms with Gasteiger partial charge in [-0.25, -0.2) is 0 Å². The molecule has 0 bridgehead atoms. The summed E-state index contributed by atoms with van der Waals surface area (Å²) in [4.78, 5) is 22.7. The molecule has 0 radical (unpaired) electrons. The van der Waals surface area contributed by atoms with E-state index >= 15 is 0 Å². The predicted octanol–water partition coefficient (Wildman–Crippen LogP) is 3.02. The molecule has 6 nitrogen and oxygen atoms in total. The first-order valence-electron chi connectivity index (χ1n) is 10.1. The zero-order valence-corrected chi connectivity index (χ0v) is 16.1. The van der Waals surface area contributed by atoms with E-state index in [1.54, 1.807) is 0 Å². The van der Waals surface area contributed by atoms with Crippen molar-refractivity contribution in [1.29, 1.82) is 0 Å². The van der Waals surface area contributed by atoms with E-state index in [2.05, 4.69) is 0 Å². The Bertz CT molecular complexity index is 442. The average molecular weight is 368 g/mol. The third kappa shape index (κ3) is 4.97. The number of hydrogen-bond donors (Lipinski definition) is 0. The molecule has 6 heteroatoms. The molecule has 0 aromatic heterocycles. The van der Waals surface area contributed by atoms with Crippen molar-refractivity contribution in [3.63, 3.8) is 0 Å². The van der Waals surface area contributed by atoms with Gasteiger partial charge in [0.15, 0.2) is 0 Å². The quantitative estimate of drug-likeness (QED) is 0.561. The van der Waals surface area contributed by atoms with Gasteiger partial charge in [-0.3, -0.25) is 9.59 Å². The molecule has 0 unspecified atom stereocenters. The Kier molecular flexibility index (Phi) is 6.23. The summed E-state index contributed by atoms with van der Waals surface area (Å²) >= 11 is 0. The lowest BCUT2D eigenvalue weighted by Gasteiger charge is -2.24. The summed E-state index contributed by atoms with van der Waals surface area (Å²) in [7, 11) is 0. The Hall–Kier alpha value is -1.14. The highest BCUT2D eigenvalue weighted by atomic mass is 16.6. The van der Waals surface area contributed by atoms with Crippen molar-refractivity contribution < 1.29 is 28.5 Å². The first-order chi connectivity index (χ1) is 12.5. The molecule has 4 rings (SSSR count). The van der Waals surface area contributed by atoms with Gasteiger partial charge in [0, 0.05) is 0 Å². The maximum absolute atomic E-state index is 11.4. The highest BCUT2D eigenvalue weighted by Crippen LogP contribution is 2.44. The topological polar surface area (TPSA) is 77.7 Å². The van der Waals surface area contributed by atoms with E-state index < -0.39 is 0 Å². The fraction of sp³-hybridized carbons (Fsp3) is 0.900. The first-order valence-corrected chi connectivity index (χ1v) is 10.1. The molecule has 4 fully saturated rings. The van der Waals surface area contributed by atoms with Gasteiger partial charge in [-0.2, -0.15) is 0 Å². The molecule has 0 atom stereocenters. The van der Waals surface area contributed by atoms with Crippen LogP contribution < -0.4 is 0 Å². The molecule has 2 spiro atoms. The maximum atomic E-state index is 11.4. The van der Waals surface area contributed by atoms with Crippen LogP contribution in [0.5, 0.6) is 0 Å². The summed E-state index contributed by atoms with van der Waals surface area (Å²) in [6.45, 7) is 6.51. The molecule has 0 N–H and O–H groups in total. The minimum Gasteiger partial charge on any atom is -0.466 e. The van der Waals surface area contributed by atoms with Crippen LogP contribution in [0, 0.1) is 11.8 Å². The molecule has 2 aliphatic carbocycles. The molecule has 148 valence electrons. The Morgan fingerprint density at radius 3 is 1.31 bits per heavy atom. The number of hydrogen-bond acceptors (Lipinski definition) is 6. The van der Waals surface area contributed by atoms with E-state index in [1.807, 2.05) is 13.8 Å². The van der Waals surface area contributed by atoms with Gasteiger partial charge in [-0.05, 0) is 65.2 Å². The summed E-state index contributed by atoms with van der Waals surface area (Å²) in [5.74, 6) is 0.237. The second-order valence-electron chi connectivity index (χ2n) is 8.00. The smallest absolute Gasteiger partial charge is 0.308 e. The number of ether oxygens (including phenoxy) is 4. The number of rotatable bonds is 4. The minimum absolute atomic E-state index is 0.0157. The molecule has 2 aliphatic heterocycles. The SMILES string of the molecule is CCOC(=O)C1CCC2(CC1)CO2.CCOC(=O)C1CCC2(CC1)CO2. The summed E-state index contributed by atoms with van der Waals surface area (Å²) in [6.07, 6.45) is 7.93. The van der Waals surface area contributed by atoms with Crippen LogP contribution in [0.4, 0.5) is 0 Å². The van der Waals surface area contributed by atoms with E-state index in [-0.39, 0.29) is 35.0 Å². The molecule has 2 saturated carbocycles. The van der Waals surface area contributed by atoms with Crippen LogP contribution in [0.2, 0.25) is 0 Å². The third-order valence-corrected chi connectivity index (χ3v) is 6.14. The van der Waals surface area contributed by atoms with Gasteiger partial charge in [0.05, 0.1) is 49.5 Å². The monoisotopic (exact) mass is 368 g/mol. The van der Waals surface area contributed by atoms with Crippen LogP contribution in [0.25, 0.3) is 0 Å². The van der Waals surface area contributed by atoms with Crippen molar-refractivity contribution >= 4 is 11.9 Å². The maximum Gasteiger partial charge on any atom is 0.308 e. The van der Waals surface area contributed by atoms with Gasteiger partial charge in [0.2, 0.25) is 0 Å². The van der Waals surface area contributed by atoms with E-state index in [0.29, 0.717) is 13.2 Å². The zero-order valence-electron chi connectivity index (χ0n) is 16.1. The van der Waals surface area contributed by atoms with Crippen molar-refractivity contribution in [1.82, 2.24) is 0 Å². The summed E-state index contributed by atoms with van der Waals surface area (Å²) < 4.78 is 20.7. The van der Waals surface area contributed by atoms with E-state index in [1.165, 1.54) is 0 Å². The summed E-state index contributed by atoms with van der Waals surface area (Å²) in [5.41, 5.74) is 0.367. The molecule has 2 heterocycles. The average Bonchev–Trinajstić information content (AvgIpc) is 3.57. The minimum atomic E-state index is -0.0157. The Morgan fingerprint density at radius 2 is 1.08 bits per heavy atom. The molecule has 2 saturated heterocycles. The van der Waals surface area contributed by atoms with Gasteiger partial charge >= 0.3 is 11.9 Å². The molecule has 26 heavy (non-hydrogen) atoms. The van der Waals surface area contributed by atoms with Crippen LogP contribution >= 0.6 is 0 Å². The highest BCUT2D eigenvalue weighted by Gasteiger charge is 2.49. The van der Waals surface area contributed by atoms with Crippen molar-refractivity contribution in [2.75, 3.05) is 26.4 Å². The molecule has 0 aromatic carbocycles. The number of carbonyl (C=O) groups excluding carboxylic acids is 2. The number of epoxide rings is 2. The van der Waals surface area contributed by atoms with Gasteiger partial charge < -0.3 is 18.9 Å². The molecule has 0 aromatic rings. The van der Waals surface area contributed by atoms with Crippen molar-refractivity contribution in [3.05, 3.63) is 0 Å². The van der Waals surface area contributed by atoms with Crippen LogP contribution in [0.3, 0.4) is 0 Å². The van der Waals surface area contributed by atoms with Gasteiger partial charge in [0.1, 0.15) is 0 Å². The highest BCUT2D eigenvalue weighted by molar-refractivity contribution is 5.73. The second-order valence-corrected chi connectivity index (χ2v) is 8.00. The number of esters is 2. The number of carbonyl (C=O) groups is 2. The standard InChI is InChI=1S/2C10H16O3/c2*1-2-12-9(11)8-3-5-10(6-4-8)7-13-10/h2*8H,2-7H2,1H3. The molecular weight excluding hydrogens is 336 g/mol. The van der Waals surface area contributed by atoms with Gasteiger partial charge in [-0.1, -0.05) is 0 Å². The van der Waals surface area contributed by atoms with Gasteiger partial charge in [-0.15, -0.1) is 0 Å². The summed E-state index contributed by atoms with van der Waals surface area (Å²) in [5, 5.41) is 0. The van der Waals surface area contributed by atoms with Crippen molar-refractivity contribution in [3.8, 4) is 0 Å². The predicted molar refractivity (Wildman–Crippen MR) is 94.5 cm³/mol. The largest absolute Gasteiger partial charge is 0.466 e. The van der Waals surface area contributed by atoms with Gasteiger partial charge in [0.25, 0.3) is 0 Å². The van der Waals surface area contributed by atoms with Crippen LogP contribution in [0.1, 0.15) is 65.2 Å². The van der Waals surface area contributed by atoms with Crippen LogP contribution in [0.15, 0.2) is 0 Å². The van der Waals surface area contributed by atoms with Crippen molar-refractivity contribution in [2.45, 2.75) is 76.4 Å². The molecule has 0 amide bonds. The Labute approximate surface area is 155 Å². The lowest BCUT2D eigenvalue weighted by Crippen LogP contribution is -2.27. The second kappa shape index (κ2) is 8.26. The summed E-state index contributed by atoms with van der Waals surface area (Å²) in [6, 6.07) is 0. The fourth-order valence-electron chi connectivity index (χ4n) is 4.06. The Morgan fingerprint density at radius 1 is 0.769 bits per heavy atom. The van der Waals surface area contributed by atoms with Crippen LogP contribution in [-0.2, 0) is 28.5 Å². The third-order valence-electron chi connectivity index (χ3n) is 6.14. The Balaban J connectivity index is 0.000000151. The van der Waals surface area contributed by atoms with E-state index in [9.17, 15) is 9.59 Å². The lowest BCUT2D eigenvalue weighted by atomic mass is 9.82. The van der Waals surface area contributed by atoms with E-state index in [4.69, 9.17) is 18.9 Å². The fourth-order valence-corrected chi connectivity index (χ4v) is 4.06. The molecular formula is C20H32O6. The lowest BCUT2D eigenvalue weighted by molar-refractivity contribution is -0.150. The molecule has 4 aliphatic rings. The van der Waals surface area contributed by atoms with Crippen LogP contribution in [-0.4, -0.2) is 49.6 Å². The van der Waals surface area contributed by atoms with Crippen molar-refractivity contribution in [2.24, 2.45) is 11.8 Å².